The monoisotopic (exact) mass is 207 g/mol. The Morgan fingerprint density at radius 2 is 2.00 bits per heavy atom. The van der Waals surface area contributed by atoms with E-state index in [1.807, 2.05) is 18.2 Å². The van der Waals surface area contributed by atoms with E-state index in [0.29, 0.717) is 0 Å². The summed E-state index contributed by atoms with van der Waals surface area (Å²) in [7, 11) is 0. The third-order valence-electron chi connectivity index (χ3n) is 2.41. The third-order valence-corrected chi connectivity index (χ3v) is 2.41. The highest BCUT2D eigenvalue weighted by molar-refractivity contribution is 6.00. The van der Waals surface area contributed by atoms with Gasteiger partial charge in [-0.25, -0.2) is 0 Å². The summed E-state index contributed by atoms with van der Waals surface area (Å²) < 4.78 is 5.16. The lowest BCUT2D eigenvalue weighted by Crippen LogP contribution is -2.38. The standard InChI is InChI=1S/C11H13NO3/c1-8-12(9-6-4-3-5-7-9)10(13)11(2,14)15-8/h3-8,14H,1-2H3. The summed E-state index contributed by atoms with van der Waals surface area (Å²) >= 11 is 0. The maximum atomic E-state index is 11.8. The minimum Gasteiger partial charge on any atom is -0.358 e. The highest BCUT2D eigenvalue weighted by Gasteiger charge is 2.47. The summed E-state index contributed by atoms with van der Waals surface area (Å²) in [4.78, 5) is 13.2. The molecule has 0 spiro atoms. The lowest BCUT2D eigenvalue weighted by atomic mass is 10.2. The molecular weight excluding hydrogens is 194 g/mol. The highest BCUT2D eigenvalue weighted by atomic mass is 16.7. The molecule has 4 heteroatoms. The van der Waals surface area contributed by atoms with Crippen molar-refractivity contribution in [3.8, 4) is 0 Å². The van der Waals surface area contributed by atoms with Crippen LogP contribution in [-0.2, 0) is 9.53 Å². The molecule has 0 aliphatic carbocycles. The minimum atomic E-state index is -1.71. The number of aliphatic hydroxyl groups is 1. The molecule has 1 aromatic rings. The Morgan fingerprint density at radius 3 is 2.47 bits per heavy atom. The van der Waals surface area contributed by atoms with Crippen molar-refractivity contribution in [2.24, 2.45) is 0 Å². The van der Waals surface area contributed by atoms with Gasteiger partial charge in [0.25, 0.3) is 5.91 Å². The lowest BCUT2D eigenvalue weighted by Gasteiger charge is -2.19. The zero-order valence-corrected chi connectivity index (χ0v) is 8.68. The Bertz CT molecular complexity index is 375. The second kappa shape index (κ2) is 3.32. The number of carbonyl (C=O) groups excluding carboxylic acids is 1. The number of carbonyl (C=O) groups is 1. The van der Waals surface area contributed by atoms with E-state index in [4.69, 9.17) is 4.74 Å². The van der Waals surface area contributed by atoms with Gasteiger partial charge in [-0.3, -0.25) is 9.69 Å². The maximum absolute atomic E-state index is 11.8. The Kier molecular flexibility index (Phi) is 2.25. The second-order valence-corrected chi connectivity index (χ2v) is 3.71. The number of para-hydroxylation sites is 1. The van der Waals surface area contributed by atoms with Gasteiger partial charge in [-0.15, -0.1) is 0 Å². The van der Waals surface area contributed by atoms with Crippen molar-refractivity contribution in [1.82, 2.24) is 0 Å². The number of ether oxygens (including phenoxy) is 1. The molecule has 2 unspecified atom stereocenters. The zero-order chi connectivity index (χ0) is 11.1. The van der Waals surface area contributed by atoms with Crippen LogP contribution in [0.2, 0.25) is 0 Å². The quantitative estimate of drug-likeness (QED) is 0.750. The van der Waals surface area contributed by atoms with Crippen LogP contribution in [0.3, 0.4) is 0 Å². The summed E-state index contributed by atoms with van der Waals surface area (Å²) in [6.45, 7) is 3.08. The van der Waals surface area contributed by atoms with Crippen LogP contribution in [-0.4, -0.2) is 23.0 Å². The fourth-order valence-electron chi connectivity index (χ4n) is 1.74. The van der Waals surface area contributed by atoms with E-state index < -0.39 is 17.9 Å². The van der Waals surface area contributed by atoms with Gasteiger partial charge in [0.2, 0.25) is 5.79 Å². The molecule has 1 fully saturated rings. The number of hydrogen-bond donors (Lipinski definition) is 1. The molecule has 2 rings (SSSR count). The number of anilines is 1. The Hall–Kier alpha value is -1.39. The van der Waals surface area contributed by atoms with Crippen LogP contribution in [0.5, 0.6) is 0 Å². The molecule has 0 saturated carbocycles. The van der Waals surface area contributed by atoms with Crippen molar-refractivity contribution < 1.29 is 14.6 Å². The maximum Gasteiger partial charge on any atom is 0.288 e. The van der Waals surface area contributed by atoms with Gasteiger partial charge in [0.15, 0.2) is 0 Å². The minimum absolute atomic E-state index is 0.429. The Morgan fingerprint density at radius 1 is 1.40 bits per heavy atom. The molecule has 0 bridgehead atoms. The molecule has 0 radical (unpaired) electrons. The van der Waals surface area contributed by atoms with E-state index >= 15 is 0 Å². The Balaban J connectivity index is 2.35. The first kappa shape index (κ1) is 10.1. The van der Waals surface area contributed by atoms with Gasteiger partial charge < -0.3 is 9.84 Å². The van der Waals surface area contributed by atoms with Gasteiger partial charge in [-0.2, -0.15) is 0 Å². The number of amides is 1. The summed E-state index contributed by atoms with van der Waals surface area (Å²) in [5, 5.41) is 9.65. The van der Waals surface area contributed by atoms with Crippen LogP contribution in [0.25, 0.3) is 0 Å². The molecule has 1 N–H and O–H groups in total. The molecule has 80 valence electrons. The topological polar surface area (TPSA) is 49.8 Å². The summed E-state index contributed by atoms with van der Waals surface area (Å²) in [6, 6.07) is 9.15. The van der Waals surface area contributed by atoms with Crippen molar-refractivity contribution in [2.75, 3.05) is 4.90 Å². The Labute approximate surface area is 88.1 Å². The first-order chi connectivity index (χ1) is 7.02. The third kappa shape index (κ3) is 1.62. The van der Waals surface area contributed by atoms with Crippen LogP contribution < -0.4 is 4.90 Å². The average molecular weight is 207 g/mol. The molecule has 2 atom stereocenters. The van der Waals surface area contributed by atoms with E-state index in [9.17, 15) is 9.90 Å². The summed E-state index contributed by atoms with van der Waals surface area (Å²) in [5.74, 6) is -2.14. The molecule has 1 heterocycles. The first-order valence-electron chi connectivity index (χ1n) is 4.81. The molecule has 1 aliphatic rings. The number of hydrogen-bond acceptors (Lipinski definition) is 3. The SMILES string of the molecule is CC1OC(C)(O)C(=O)N1c1ccccc1. The van der Waals surface area contributed by atoms with E-state index in [1.165, 1.54) is 11.8 Å². The summed E-state index contributed by atoms with van der Waals surface area (Å²) in [6.07, 6.45) is -0.449. The lowest BCUT2D eigenvalue weighted by molar-refractivity contribution is -0.183. The molecular formula is C11H13NO3. The number of rotatable bonds is 1. The van der Waals surface area contributed by atoms with Gasteiger partial charge in [0.05, 0.1) is 0 Å². The predicted octanol–water partition coefficient (Wildman–Crippen LogP) is 1.10. The molecule has 1 saturated heterocycles. The normalized spacial score (nSPS) is 31.0. The van der Waals surface area contributed by atoms with Crippen LogP contribution in [0, 0.1) is 0 Å². The van der Waals surface area contributed by atoms with Gasteiger partial charge in [0, 0.05) is 5.69 Å². The molecule has 15 heavy (non-hydrogen) atoms. The highest BCUT2D eigenvalue weighted by Crippen LogP contribution is 2.29. The fourth-order valence-corrected chi connectivity index (χ4v) is 1.74. The van der Waals surface area contributed by atoms with Gasteiger partial charge >= 0.3 is 0 Å². The van der Waals surface area contributed by atoms with Gasteiger partial charge in [-0.1, -0.05) is 18.2 Å². The van der Waals surface area contributed by atoms with E-state index in [-0.39, 0.29) is 0 Å². The zero-order valence-electron chi connectivity index (χ0n) is 8.68. The van der Waals surface area contributed by atoms with Crippen molar-refractivity contribution in [3.05, 3.63) is 30.3 Å². The van der Waals surface area contributed by atoms with Gasteiger partial charge in [0.1, 0.15) is 6.23 Å². The van der Waals surface area contributed by atoms with Crippen LogP contribution in [0.1, 0.15) is 13.8 Å². The molecule has 1 amide bonds. The molecule has 0 aromatic heterocycles. The van der Waals surface area contributed by atoms with E-state index in [2.05, 4.69) is 0 Å². The smallest absolute Gasteiger partial charge is 0.288 e. The molecule has 4 nitrogen and oxygen atoms in total. The van der Waals surface area contributed by atoms with Crippen LogP contribution in [0.4, 0.5) is 5.69 Å². The van der Waals surface area contributed by atoms with Gasteiger partial charge in [-0.05, 0) is 26.0 Å². The largest absolute Gasteiger partial charge is 0.358 e. The van der Waals surface area contributed by atoms with Crippen molar-refractivity contribution in [3.63, 3.8) is 0 Å². The van der Waals surface area contributed by atoms with Crippen molar-refractivity contribution in [1.29, 1.82) is 0 Å². The second-order valence-electron chi connectivity index (χ2n) is 3.71. The number of benzene rings is 1. The van der Waals surface area contributed by atoms with E-state index in [1.54, 1.807) is 19.1 Å². The molecule has 1 aliphatic heterocycles. The van der Waals surface area contributed by atoms with Crippen LogP contribution >= 0.6 is 0 Å². The molecule has 1 aromatic carbocycles. The summed E-state index contributed by atoms with van der Waals surface area (Å²) in [5.41, 5.74) is 0.729. The fraction of sp³-hybridized carbons (Fsp3) is 0.364. The average Bonchev–Trinajstić information content (AvgIpc) is 2.38. The van der Waals surface area contributed by atoms with Crippen LogP contribution in [0.15, 0.2) is 30.3 Å². The predicted molar refractivity (Wildman–Crippen MR) is 55.1 cm³/mol. The number of nitrogens with zero attached hydrogens (tertiary/aromatic N) is 1. The van der Waals surface area contributed by atoms with E-state index in [0.717, 1.165) is 5.69 Å². The van der Waals surface area contributed by atoms with Crippen molar-refractivity contribution >= 4 is 11.6 Å². The van der Waals surface area contributed by atoms with Crippen molar-refractivity contribution in [2.45, 2.75) is 25.9 Å². The first-order valence-corrected chi connectivity index (χ1v) is 4.81.